The maximum absolute atomic E-state index is 13.9. The van der Waals surface area contributed by atoms with Gasteiger partial charge < -0.3 is 4.90 Å². The largest absolute Gasteiger partial charge is 0.332 e. The molecule has 2 rings (SSSR count). The molecule has 0 fully saturated rings. The Hall–Kier alpha value is -1.84. The van der Waals surface area contributed by atoms with Gasteiger partial charge in [0.2, 0.25) is 10.0 Å². The van der Waals surface area contributed by atoms with E-state index in [1.165, 1.54) is 23.3 Å². The van der Waals surface area contributed by atoms with Gasteiger partial charge in [0.1, 0.15) is 10.8 Å². The Labute approximate surface area is 137 Å². The van der Waals surface area contributed by atoms with Gasteiger partial charge in [-0.2, -0.15) is 0 Å². The molecule has 1 heterocycles. The highest BCUT2D eigenvalue weighted by atomic mass is 32.2. The van der Waals surface area contributed by atoms with Crippen LogP contribution in [0.1, 0.15) is 34.0 Å². The van der Waals surface area contributed by atoms with Gasteiger partial charge in [0.25, 0.3) is 5.91 Å². The number of benzene rings is 1. The number of sulfonamides is 1. The van der Waals surface area contributed by atoms with Gasteiger partial charge in [0.05, 0.1) is 16.5 Å². The fraction of sp³-hybridized carbons (Fsp3) is 0.286. The van der Waals surface area contributed by atoms with E-state index >= 15 is 0 Å². The lowest BCUT2D eigenvalue weighted by molar-refractivity contribution is 0.0737. The lowest BCUT2D eigenvalue weighted by Crippen LogP contribution is -2.30. The van der Waals surface area contributed by atoms with E-state index in [1.54, 1.807) is 6.92 Å². The van der Waals surface area contributed by atoms with Crippen LogP contribution >= 0.6 is 11.3 Å². The number of aromatic nitrogens is 1. The topological polar surface area (TPSA) is 93.4 Å². The van der Waals surface area contributed by atoms with E-state index in [-0.39, 0.29) is 16.5 Å². The van der Waals surface area contributed by atoms with Crippen LogP contribution in [0.5, 0.6) is 0 Å². The van der Waals surface area contributed by atoms with Gasteiger partial charge >= 0.3 is 0 Å². The first-order valence-corrected chi connectivity index (χ1v) is 9.05. The first-order chi connectivity index (χ1) is 10.6. The summed E-state index contributed by atoms with van der Waals surface area (Å²) in [4.78, 5) is 17.8. The van der Waals surface area contributed by atoms with Crippen LogP contribution in [0.4, 0.5) is 4.39 Å². The van der Waals surface area contributed by atoms with Crippen LogP contribution in [0, 0.1) is 12.7 Å². The molecule has 0 radical (unpaired) electrons. The Morgan fingerprint density at radius 1 is 1.43 bits per heavy atom. The molecule has 0 spiro atoms. The predicted octanol–water partition coefficient (Wildman–Crippen LogP) is 2.07. The third-order valence-electron chi connectivity index (χ3n) is 3.39. The number of primary sulfonamides is 1. The third-order valence-corrected chi connectivity index (χ3v) is 5.44. The van der Waals surface area contributed by atoms with Crippen molar-refractivity contribution in [1.82, 2.24) is 9.88 Å². The maximum Gasteiger partial charge on any atom is 0.257 e. The Morgan fingerprint density at radius 3 is 2.61 bits per heavy atom. The summed E-state index contributed by atoms with van der Waals surface area (Å²) in [5, 5.41) is 7.59. The summed E-state index contributed by atoms with van der Waals surface area (Å²) in [6, 6.07) is 2.51. The summed E-state index contributed by atoms with van der Waals surface area (Å²) in [5.41, 5.74) is 0.485. The number of thiazole rings is 1. The summed E-state index contributed by atoms with van der Waals surface area (Å²) in [7, 11) is -2.51. The number of carbonyl (C=O) groups is 1. The fourth-order valence-electron chi connectivity index (χ4n) is 1.94. The molecule has 0 saturated heterocycles. The lowest BCUT2D eigenvalue weighted by Gasteiger charge is -2.23. The highest BCUT2D eigenvalue weighted by Gasteiger charge is 2.24. The standard InChI is InChI=1S/C14H16FN3O3S2/c1-8-7-22-13(17-8)9(2)18(3)14(19)11-6-10(23(16,20)21)4-5-12(11)15/h4-7,9H,1-3H3,(H2,16,20,21)/t9-/m0/s1. The molecule has 0 aliphatic heterocycles. The molecular formula is C14H16FN3O3S2. The molecule has 1 aromatic carbocycles. The van der Waals surface area contributed by atoms with Crippen LogP contribution in [0.25, 0.3) is 0 Å². The molecular weight excluding hydrogens is 341 g/mol. The minimum Gasteiger partial charge on any atom is -0.332 e. The van der Waals surface area contributed by atoms with Crippen LogP contribution in [-0.4, -0.2) is 31.3 Å². The molecule has 2 aromatic rings. The van der Waals surface area contributed by atoms with Crippen molar-refractivity contribution in [3.05, 3.63) is 45.7 Å². The highest BCUT2D eigenvalue weighted by Crippen LogP contribution is 2.25. The van der Waals surface area contributed by atoms with Crippen molar-refractivity contribution in [3.63, 3.8) is 0 Å². The quantitative estimate of drug-likeness (QED) is 0.906. The van der Waals surface area contributed by atoms with Crippen LogP contribution in [0.2, 0.25) is 0 Å². The second-order valence-electron chi connectivity index (χ2n) is 5.11. The molecule has 9 heteroatoms. The number of halogens is 1. The number of amides is 1. The van der Waals surface area contributed by atoms with Gasteiger partial charge in [0, 0.05) is 18.1 Å². The zero-order valence-electron chi connectivity index (χ0n) is 12.8. The molecule has 0 aliphatic carbocycles. The number of nitrogens with zero attached hydrogens (tertiary/aromatic N) is 2. The molecule has 0 bridgehead atoms. The fourth-order valence-corrected chi connectivity index (χ4v) is 3.38. The first kappa shape index (κ1) is 17.5. The summed E-state index contributed by atoms with van der Waals surface area (Å²) in [5.74, 6) is -1.45. The second-order valence-corrected chi connectivity index (χ2v) is 7.56. The zero-order chi connectivity index (χ0) is 17.4. The molecule has 0 saturated carbocycles. The molecule has 1 amide bonds. The Balaban J connectivity index is 2.36. The lowest BCUT2D eigenvalue weighted by atomic mass is 10.1. The maximum atomic E-state index is 13.9. The number of hydrogen-bond acceptors (Lipinski definition) is 5. The van der Waals surface area contributed by atoms with Crippen LogP contribution in [0.15, 0.2) is 28.5 Å². The van der Waals surface area contributed by atoms with Crippen LogP contribution < -0.4 is 5.14 Å². The third kappa shape index (κ3) is 3.74. The van der Waals surface area contributed by atoms with Crippen molar-refractivity contribution < 1.29 is 17.6 Å². The van der Waals surface area contributed by atoms with Crippen molar-refractivity contribution in [2.45, 2.75) is 24.8 Å². The number of nitrogens with two attached hydrogens (primary N) is 1. The number of rotatable bonds is 4. The SMILES string of the molecule is Cc1csc([C@H](C)N(C)C(=O)c2cc(S(N)(=O)=O)ccc2F)n1. The smallest absolute Gasteiger partial charge is 0.257 e. The molecule has 23 heavy (non-hydrogen) atoms. The van der Waals surface area contributed by atoms with Crippen molar-refractivity contribution in [2.24, 2.45) is 5.14 Å². The van der Waals surface area contributed by atoms with E-state index < -0.39 is 21.7 Å². The Bertz CT molecular complexity index is 849. The van der Waals surface area contributed by atoms with Gasteiger partial charge in [0.15, 0.2) is 0 Å². The summed E-state index contributed by atoms with van der Waals surface area (Å²) >= 11 is 1.40. The van der Waals surface area contributed by atoms with Gasteiger partial charge in [-0.3, -0.25) is 4.79 Å². The summed E-state index contributed by atoms with van der Waals surface area (Å²) in [6.07, 6.45) is 0. The van der Waals surface area contributed by atoms with Gasteiger partial charge in [-0.1, -0.05) is 0 Å². The molecule has 1 aromatic heterocycles. The van der Waals surface area contributed by atoms with Gasteiger partial charge in [-0.05, 0) is 32.0 Å². The first-order valence-electron chi connectivity index (χ1n) is 6.63. The van der Waals surface area contributed by atoms with Crippen molar-refractivity contribution in [1.29, 1.82) is 0 Å². The summed E-state index contributed by atoms with van der Waals surface area (Å²) < 4.78 is 36.7. The monoisotopic (exact) mass is 357 g/mol. The van der Waals surface area contributed by atoms with Crippen LogP contribution in [-0.2, 0) is 10.0 Å². The number of carbonyl (C=O) groups excluding carboxylic acids is 1. The van der Waals surface area contributed by atoms with Crippen molar-refractivity contribution in [3.8, 4) is 0 Å². The minimum absolute atomic E-state index is 0.312. The van der Waals surface area contributed by atoms with Gasteiger partial charge in [-0.15, -0.1) is 11.3 Å². The molecule has 124 valence electrons. The van der Waals surface area contributed by atoms with E-state index in [0.717, 1.165) is 23.9 Å². The molecule has 6 nitrogen and oxygen atoms in total. The average molecular weight is 357 g/mol. The number of aryl methyl sites for hydroxylation is 1. The average Bonchev–Trinajstić information content (AvgIpc) is 2.90. The van der Waals surface area contributed by atoms with Crippen molar-refractivity contribution in [2.75, 3.05) is 7.05 Å². The Morgan fingerprint density at radius 2 is 2.09 bits per heavy atom. The molecule has 0 unspecified atom stereocenters. The van der Waals surface area contributed by atoms with E-state index in [4.69, 9.17) is 5.14 Å². The normalized spacial score (nSPS) is 12.9. The van der Waals surface area contributed by atoms with E-state index in [1.807, 2.05) is 12.3 Å². The molecule has 2 N–H and O–H groups in total. The summed E-state index contributed by atoms with van der Waals surface area (Å²) in [6.45, 7) is 3.60. The predicted molar refractivity (Wildman–Crippen MR) is 85.1 cm³/mol. The van der Waals surface area contributed by atoms with Crippen LogP contribution in [0.3, 0.4) is 0 Å². The molecule has 1 atom stereocenters. The molecule has 0 aliphatic rings. The van der Waals surface area contributed by atoms with E-state index in [0.29, 0.717) is 5.01 Å². The van der Waals surface area contributed by atoms with Gasteiger partial charge in [-0.25, -0.2) is 22.9 Å². The Kier molecular flexibility index (Phi) is 4.83. The number of hydrogen-bond donors (Lipinski definition) is 1. The van der Waals surface area contributed by atoms with E-state index in [9.17, 15) is 17.6 Å². The van der Waals surface area contributed by atoms with E-state index in [2.05, 4.69) is 4.98 Å². The highest BCUT2D eigenvalue weighted by molar-refractivity contribution is 7.89. The zero-order valence-corrected chi connectivity index (χ0v) is 14.4. The minimum atomic E-state index is -4.02. The second kappa shape index (κ2) is 6.34. The van der Waals surface area contributed by atoms with Crippen molar-refractivity contribution >= 4 is 27.3 Å².